The van der Waals surface area contributed by atoms with Crippen molar-refractivity contribution in [2.45, 2.75) is 13.0 Å². The Morgan fingerprint density at radius 3 is 2.38 bits per heavy atom. The van der Waals surface area contributed by atoms with E-state index in [2.05, 4.69) is 17.2 Å². The maximum absolute atomic E-state index is 13.9. The zero-order valence-electron chi connectivity index (χ0n) is 13.0. The lowest BCUT2D eigenvalue weighted by Gasteiger charge is -2.15. The Kier molecular flexibility index (Phi) is 5.42. The van der Waals surface area contributed by atoms with Gasteiger partial charge in [-0.1, -0.05) is 18.7 Å². The van der Waals surface area contributed by atoms with Crippen molar-refractivity contribution in [1.82, 2.24) is 5.32 Å². The van der Waals surface area contributed by atoms with Gasteiger partial charge in [0.2, 0.25) is 5.91 Å². The molecule has 24 heavy (non-hydrogen) atoms. The molecule has 0 heterocycles. The van der Waals surface area contributed by atoms with Gasteiger partial charge in [-0.3, -0.25) is 9.59 Å². The number of hydrogen-bond acceptors (Lipinski definition) is 2. The predicted molar refractivity (Wildman–Crippen MR) is 87.5 cm³/mol. The molecule has 0 aliphatic carbocycles. The molecule has 0 radical (unpaired) electrons. The summed E-state index contributed by atoms with van der Waals surface area (Å²) in [5.41, 5.74) is 0.793. The molecule has 0 saturated carbocycles. The van der Waals surface area contributed by atoms with Gasteiger partial charge in [0.1, 0.15) is 11.6 Å². The zero-order chi connectivity index (χ0) is 17.7. The van der Waals surface area contributed by atoms with E-state index in [1.165, 1.54) is 24.3 Å². The molecule has 0 aliphatic heterocycles. The monoisotopic (exact) mass is 330 g/mol. The fourth-order valence-corrected chi connectivity index (χ4v) is 2.06. The molecule has 1 atom stereocenters. The van der Waals surface area contributed by atoms with Crippen molar-refractivity contribution in [1.29, 1.82) is 0 Å². The molecule has 2 N–H and O–H groups in total. The summed E-state index contributed by atoms with van der Waals surface area (Å²) < 4.78 is 26.9. The van der Waals surface area contributed by atoms with Crippen molar-refractivity contribution >= 4 is 17.5 Å². The number of rotatable bonds is 5. The summed E-state index contributed by atoms with van der Waals surface area (Å²) in [5.74, 6) is -2.12. The van der Waals surface area contributed by atoms with Gasteiger partial charge in [0.15, 0.2) is 0 Å². The van der Waals surface area contributed by atoms with E-state index in [9.17, 15) is 18.4 Å². The molecule has 0 aromatic heterocycles. The predicted octanol–water partition coefficient (Wildman–Crippen LogP) is 3.58. The first-order valence-corrected chi connectivity index (χ1v) is 7.20. The lowest BCUT2D eigenvalue weighted by molar-refractivity contribution is -0.111. The Bertz CT molecular complexity index is 773. The van der Waals surface area contributed by atoms with E-state index in [1.54, 1.807) is 19.1 Å². The van der Waals surface area contributed by atoms with Gasteiger partial charge in [-0.15, -0.1) is 0 Å². The maximum Gasteiger partial charge on any atom is 0.251 e. The normalized spacial score (nSPS) is 11.5. The highest BCUT2D eigenvalue weighted by atomic mass is 19.1. The van der Waals surface area contributed by atoms with E-state index in [-0.39, 0.29) is 23.1 Å². The third-order valence-corrected chi connectivity index (χ3v) is 3.39. The van der Waals surface area contributed by atoms with E-state index < -0.39 is 17.6 Å². The van der Waals surface area contributed by atoms with Crippen LogP contribution in [0, 0.1) is 11.6 Å². The number of halogens is 2. The molecular formula is C18H16F2N2O2. The fourth-order valence-electron chi connectivity index (χ4n) is 2.06. The molecule has 124 valence electrons. The first-order valence-electron chi connectivity index (χ1n) is 7.20. The highest BCUT2D eigenvalue weighted by Crippen LogP contribution is 2.18. The molecule has 0 aliphatic rings. The van der Waals surface area contributed by atoms with Crippen LogP contribution in [0.4, 0.5) is 14.5 Å². The largest absolute Gasteiger partial charge is 0.346 e. The van der Waals surface area contributed by atoms with Gasteiger partial charge < -0.3 is 10.6 Å². The van der Waals surface area contributed by atoms with Crippen LogP contribution in [0.3, 0.4) is 0 Å². The van der Waals surface area contributed by atoms with Crippen molar-refractivity contribution < 1.29 is 18.4 Å². The third kappa shape index (κ3) is 4.25. The standard InChI is InChI=1S/C18H16F2N2O2/c1-3-17(23)22-16-9-6-13(10-15(16)20)18(24)21-11(2)12-4-7-14(19)8-5-12/h3-11H,1H2,2H3,(H,21,24)(H,22,23)/t11-/m0/s1. The van der Waals surface area contributed by atoms with Crippen LogP contribution in [0.15, 0.2) is 55.1 Å². The van der Waals surface area contributed by atoms with Crippen LogP contribution in [0.1, 0.15) is 28.9 Å². The van der Waals surface area contributed by atoms with Crippen molar-refractivity contribution in [3.63, 3.8) is 0 Å². The Morgan fingerprint density at radius 2 is 1.79 bits per heavy atom. The number of nitrogens with one attached hydrogen (secondary N) is 2. The van der Waals surface area contributed by atoms with Crippen molar-refractivity contribution in [3.8, 4) is 0 Å². The molecule has 2 amide bonds. The minimum absolute atomic E-state index is 0.0389. The van der Waals surface area contributed by atoms with Crippen LogP contribution in [0.2, 0.25) is 0 Å². The highest BCUT2D eigenvalue weighted by molar-refractivity contribution is 6.00. The molecule has 0 fully saturated rings. The second kappa shape index (κ2) is 7.50. The van der Waals surface area contributed by atoms with Gasteiger partial charge in [-0.05, 0) is 48.9 Å². The summed E-state index contributed by atoms with van der Waals surface area (Å²) in [7, 11) is 0. The van der Waals surface area contributed by atoms with E-state index >= 15 is 0 Å². The second-order valence-corrected chi connectivity index (χ2v) is 5.13. The molecule has 0 spiro atoms. The summed E-state index contributed by atoms with van der Waals surface area (Å²) in [6.45, 7) is 5.01. The average Bonchev–Trinajstić information content (AvgIpc) is 2.56. The van der Waals surface area contributed by atoms with Crippen LogP contribution in [0.5, 0.6) is 0 Å². The van der Waals surface area contributed by atoms with Crippen LogP contribution in [-0.4, -0.2) is 11.8 Å². The van der Waals surface area contributed by atoms with Crippen LogP contribution in [-0.2, 0) is 4.79 Å². The number of amides is 2. The van der Waals surface area contributed by atoms with Gasteiger partial charge in [0, 0.05) is 5.56 Å². The highest BCUT2D eigenvalue weighted by Gasteiger charge is 2.14. The summed E-state index contributed by atoms with van der Waals surface area (Å²) in [6.07, 6.45) is 1.02. The van der Waals surface area contributed by atoms with Gasteiger partial charge in [0.05, 0.1) is 11.7 Å². The van der Waals surface area contributed by atoms with Gasteiger partial charge in [0.25, 0.3) is 5.91 Å². The molecule has 4 nitrogen and oxygen atoms in total. The SMILES string of the molecule is C=CC(=O)Nc1ccc(C(=O)N[C@@H](C)c2ccc(F)cc2)cc1F. The molecule has 6 heteroatoms. The smallest absolute Gasteiger partial charge is 0.251 e. The van der Waals surface area contributed by atoms with E-state index in [0.29, 0.717) is 0 Å². The summed E-state index contributed by atoms with van der Waals surface area (Å²) in [5, 5.41) is 5.00. The molecule has 0 unspecified atom stereocenters. The van der Waals surface area contributed by atoms with Crippen LogP contribution < -0.4 is 10.6 Å². The number of hydrogen-bond donors (Lipinski definition) is 2. The van der Waals surface area contributed by atoms with E-state index in [1.807, 2.05) is 0 Å². The molecular weight excluding hydrogens is 314 g/mol. The molecule has 0 saturated heterocycles. The summed E-state index contributed by atoms with van der Waals surface area (Å²) in [6, 6.07) is 9.09. The topological polar surface area (TPSA) is 58.2 Å². The lowest BCUT2D eigenvalue weighted by atomic mass is 10.1. The van der Waals surface area contributed by atoms with Gasteiger partial charge >= 0.3 is 0 Å². The number of benzene rings is 2. The summed E-state index contributed by atoms with van der Waals surface area (Å²) in [4.78, 5) is 23.4. The third-order valence-electron chi connectivity index (χ3n) is 3.39. The van der Waals surface area contributed by atoms with Gasteiger partial charge in [-0.25, -0.2) is 8.78 Å². The van der Waals surface area contributed by atoms with Gasteiger partial charge in [-0.2, -0.15) is 0 Å². The number of anilines is 1. The van der Waals surface area contributed by atoms with Crippen molar-refractivity contribution in [3.05, 3.63) is 77.9 Å². The Labute approximate surface area is 138 Å². The van der Waals surface area contributed by atoms with Crippen LogP contribution in [0.25, 0.3) is 0 Å². The number of carbonyl (C=O) groups is 2. The summed E-state index contributed by atoms with van der Waals surface area (Å²) >= 11 is 0. The molecule has 2 rings (SSSR count). The molecule has 0 bridgehead atoms. The molecule has 2 aromatic carbocycles. The molecule has 2 aromatic rings. The Balaban J connectivity index is 2.09. The van der Waals surface area contributed by atoms with Crippen molar-refractivity contribution in [2.75, 3.05) is 5.32 Å². The quantitative estimate of drug-likeness (QED) is 0.823. The van der Waals surface area contributed by atoms with E-state index in [0.717, 1.165) is 17.7 Å². The second-order valence-electron chi connectivity index (χ2n) is 5.13. The lowest BCUT2D eigenvalue weighted by Crippen LogP contribution is -2.26. The fraction of sp³-hybridized carbons (Fsp3) is 0.111. The van der Waals surface area contributed by atoms with Crippen molar-refractivity contribution in [2.24, 2.45) is 0 Å². The first kappa shape index (κ1) is 17.3. The number of carbonyl (C=O) groups excluding carboxylic acids is 2. The average molecular weight is 330 g/mol. The Hall–Kier alpha value is -3.02. The minimum Gasteiger partial charge on any atom is -0.346 e. The first-order chi connectivity index (χ1) is 11.4. The maximum atomic E-state index is 13.9. The van der Waals surface area contributed by atoms with Crippen LogP contribution >= 0.6 is 0 Å². The minimum atomic E-state index is -0.729. The zero-order valence-corrected chi connectivity index (χ0v) is 13.0. The Morgan fingerprint density at radius 1 is 1.12 bits per heavy atom. The van der Waals surface area contributed by atoms with E-state index in [4.69, 9.17) is 0 Å².